The quantitative estimate of drug-likeness (QED) is 0.763. The molecule has 2 N–H and O–H groups in total. The SMILES string of the molecule is Cc1c(N)nsc1N1CCOC(C)C1. The smallest absolute Gasteiger partial charge is 0.142 e. The van der Waals surface area contributed by atoms with E-state index in [1.807, 2.05) is 6.92 Å². The van der Waals surface area contributed by atoms with E-state index < -0.39 is 0 Å². The van der Waals surface area contributed by atoms with Crippen LogP contribution in [-0.4, -0.2) is 30.2 Å². The molecule has 1 aromatic heterocycles. The summed E-state index contributed by atoms with van der Waals surface area (Å²) < 4.78 is 9.64. The Morgan fingerprint density at radius 2 is 2.43 bits per heavy atom. The van der Waals surface area contributed by atoms with E-state index in [4.69, 9.17) is 10.5 Å². The Morgan fingerprint density at radius 3 is 3.00 bits per heavy atom. The lowest BCUT2D eigenvalue weighted by atomic mass is 10.2. The molecule has 1 fully saturated rings. The largest absolute Gasteiger partial charge is 0.383 e. The van der Waals surface area contributed by atoms with Gasteiger partial charge in [0.2, 0.25) is 0 Å². The van der Waals surface area contributed by atoms with Gasteiger partial charge >= 0.3 is 0 Å². The molecule has 0 saturated carbocycles. The summed E-state index contributed by atoms with van der Waals surface area (Å²) in [5.41, 5.74) is 6.82. The zero-order valence-electron chi connectivity index (χ0n) is 8.49. The summed E-state index contributed by atoms with van der Waals surface area (Å²) in [5.74, 6) is 0.657. The number of rotatable bonds is 1. The zero-order valence-corrected chi connectivity index (χ0v) is 9.30. The molecule has 1 aliphatic rings. The van der Waals surface area contributed by atoms with Crippen LogP contribution in [0.4, 0.5) is 10.8 Å². The van der Waals surface area contributed by atoms with E-state index in [1.54, 1.807) is 0 Å². The molecule has 0 bridgehead atoms. The summed E-state index contributed by atoms with van der Waals surface area (Å²) in [6, 6.07) is 0. The lowest BCUT2D eigenvalue weighted by Gasteiger charge is -2.31. The van der Waals surface area contributed by atoms with Crippen molar-refractivity contribution in [1.29, 1.82) is 0 Å². The normalized spacial score (nSPS) is 22.7. The number of nitrogens with two attached hydrogens (primary N) is 1. The van der Waals surface area contributed by atoms with Crippen LogP contribution in [0.3, 0.4) is 0 Å². The minimum absolute atomic E-state index is 0.298. The van der Waals surface area contributed by atoms with Crippen LogP contribution in [0.1, 0.15) is 12.5 Å². The topological polar surface area (TPSA) is 51.4 Å². The third-order valence-corrected chi connectivity index (χ3v) is 3.49. The molecule has 1 aliphatic heterocycles. The van der Waals surface area contributed by atoms with Gasteiger partial charge in [0.05, 0.1) is 12.7 Å². The first-order valence-electron chi connectivity index (χ1n) is 4.77. The number of morpholine rings is 1. The summed E-state index contributed by atoms with van der Waals surface area (Å²) in [7, 11) is 0. The van der Waals surface area contributed by atoms with E-state index in [1.165, 1.54) is 16.5 Å². The molecule has 4 nitrogen and oxygen atoms in total. The molecular formula is C9H15N3OS. The number of hydrogen-bond acceptors (Lipinski definition) is 5. The molecule has 0 spiro atoms. The van der Waals surface area contributed by atoms with Gasteiger partial charge in [-0.1, -0.05) is 0 Å². The average molecular weight is 213 g/mol. The maximum absolute atomic E-state index is 5.72. The molecule has 0 radical (unpaired) electrons. The minimum Gasteiger partial charge on any atom is -0.383 e. The van der Waals surface area contributed by atoms with E-state index in [-0.39, 0.29) is 0 Å². The summed E-state index contributed by atoms with van der Waals surface area (Å²) in [6.45, 7) is 6.77. The first-order chi connectivity index (χ1) is 6.68. The fourth-order valence-electron chi connectivity index (χ4n) is 1.64. The fourth-order valence-corrected chi connectivity index (χ4v) is 2.48. The highest BCUT2D eigenvalue weighted by Crippen LogP contribution is 2.30. The van der Waals surface area contributed by atoms with Crippen molar-refractivity contribution >= 4 is 22.4 Å². The van der Waals surface area contributed by atoms with Gasteiger partial charge in [-0.25, -0.2) is 0 Å². The lowest BCUT2D eigenvalue weighted by molar-refractivity contribution is 0.0534. The number of hydrogen-bond donors (Lipinski definition) is 1. The molecule has 78 valence electrons. The van der Waals surface area contributed by atoms with Crippen molar-refractivity contribution in [3.05, 3.63) is 5.56 Å². The van der Waals surface area contributed by atoms with Crippen molar-refractivity contribution in [1.82, 2.24) is 4.37 Å². The molecule has 2 rings (SSSR count). The second-order valence-electron chi connectivity index (χ2n) is 3.63. The highest BCUT2D eigenvalue weighted by molar-refractivity contribution is 7.10. The van der Waals surface area contributed by atoms with E-state index in [2.05, 4.69) is 16.2 Å². The second kappa shape index (κ2) is 3.74. The van der Waals surface area contributed by atoms with Crippen LogP contribution >= 0.6 is 11.5 Å². The number of nitrogens with zero attached hydrogens (tertiary/aromatic N) is 2. The van der Waals surface area contributed by atoms with E-state index in [0.717, 1.165) is 25.3 Å². The number of nitrogen functional groups attached to an aromatic ring is 1. The van der Waals surface area contributed by atoms with Gasteiger partial charge in [-0.15, -0.1) is 0 Å². The van der Waals surface area contributed by atoms with E-state index in [0.29, 0.717) is 11.9 Å². The highest BCUT2D eigenvalue weighted by atomic mass is 32.1. The Hall–Kier alpha value is -0.810. The molecule has 0 amide bonds. The van der Waals surface area contributed by atoms with E-state index >= 15 is 0 Å². The summed E-state index contributed by atoms with van der Waals surface area (Å²) >= 11 is 1.48. The monoisotopic (exact) mass is 213 g/mol. The van der Waals surface area contributed by atoms with Crippen molar-refractivity contribution < 1.29 is 4.74 Å². The lowest BCUT2D eigenvalue weighted by Crippen LogP contribution is -2.41. The zero-order chi connectivity index (χ0) is 10.1. The standard InChI is InChI=1S/C9H15N3OS/c1-6-5-12(3-4-13-6)9-7(2)8(10)11-14-9/h6H,3-5H2,1-2H3,(H2,10,11). The van der Waals surface area contributed by atoms with E-state index in [9.17, 15) is 0 Å². The third-order valence-electron chi connectivity index (χ3n) is 2.46. The van der Waals surface area contributed by atoms with Crippen LogP contribution in [0.2, 0.25) is 0 Å². The van der Waals surface area contributed by atoms with Crippen molar-refractivity contribution in [2.45, 2.75) is 20.0 Å². The fraction of sp³-hybridized carbons (Fsp3) is 0.667. The summed E-state index contributed by atoms with van der Waals surface area (Å²) in [6.07, 6.45) is 0.298. The van der Waals surface area contributed by atoms with Gasteiger partial charge in [0.25, 0.3) is 0 Å². The van der Waals surface area contributed by atoms with Crippen LogP contribution in [-0.2, 0) is 4.74 Å². The Morgan fingerprint density at radius 1 is 1.64 bits per heavy atom. The van der Waals surface area contributed by atoms with Crippen molar-refractivity contribution in [3.8, 4) is 0 Å². The molecule has 1 unspecified atom stereocenters. The molecule has 14 heavy (non-hydrogen) atoms. The van der Waals surface area contributed by atoms with Crippen LogP contribution in [0, 0.1) is 6.92 Å². The molecule has 0 aliphatic carbocycles. The number of ether oxygens (including phenoxy) is 1. The Balaban J connectivity index is 2.18. The maximum Gasteiger partial charge on any atom is 0.142 e. The van der Waals surface area contributed by atoms with Gasteiger partial charge in [-0.3, -0.25) is 0 Å². The second-order valence-corrected chi connectivity index (χ2v) is 4.38. The van der Waals surface area contributed by atoms with Crippen molar-refractivity contribution in [3.63, 3.8) is 0 Å². The van der Waals surface area contributed by atoms with Crippen LogP contribution in [0.25, 0.3) is 0 Å². The minimum atomic E-state index is 0.298. The van der Waals surface area contributed by atoms with Crippen LogP contribution in [0.15, 0.2) is 0 Å². The predicted molar refractivity (Wildman–Crippen MR) is 58.9 cm³/mol. The van der Waals surface area contributed by atoms with Gasteiger partial charge in [0.15, 0.2) is 0 Å². The first kappa shape index (κ1) is 9.73. The van der Waals surface area contributed by atoms with Gasteiger partial charge < -0.3 is 15.4 Å². The molecule has 2 heterocycles. The molecular weight excluding hydrogens is 198 g/mol. The van der Waals surface area contributed by atoms with Crippen LogP contribution < -0.4 is 10.6 Å². The Labute approximate surface area is 87.8 Å². The highest BCUT2D eigenvalue weighted by Gasteiger charge is 2.20. The average Bonchev–Trinajstić information content (AvgIpc) is 2.48. The Kier molecular flexibility index (Phi) is 2.60. The predicted octanol–water partition coefficient (Wildman–Crippen LogP) is 1.26. The van der Waals surface area contributed by atoms with Gasteiger partial charge in [-0.05, 0) is 25.4 Å². The van der Waals surface area contributed by atoms with Gasteiger partial charge in [0, 0.05) is 18.7 Å². The summed E-state index contributed by atoms with van der Waals surface area (Å²) in [5, 5.41) is 1.19. The van der Waals surface area contributed by atoms with Crippen molar-refractivity contribution in [2.75, 3.05) is 30.3 Å². The maximum atomic E-state index is 5.72. The number of anilines is 2. The third kappa shape index (κ3) is 1.69. The van der Waals surface area contributed by atoms with Crippen molar-refractivity contribution in [2.24, 2.45) is 0 Å². The number of aromatic nitrogens is 1. The molecule has 1 saturated heterocycles. The molecule has 1 aromatic rings. The molecule has 0 aromatic carbocycles. The molecule has 1 atom stereocenters. The Bertz CT molecular complexity index is 326. The van der Waals surface area contributed by atoms with Gasteiger partial charge in [0.1, 0.15) is 10.8 Å². The van der Waals surface area contributed by atoms with Crippen LogP contribution in [0.5, 0.6) is 0 Å². The summed E-state index contributed by atoms with van der Waals surface area (Å²) in [4.78, 5) is 2.30. The first-order valence-corrected chi connectivity index (χ1v) is 5.54. The molecule has 5 heteroatoms. The van der Waals surface area contributed by atoms with Gasteiger partial charge in [-0.2, -0.15) is 4.37 Å².